The molecule has 1 saturated carbocycles. The van der Waals surface area contributed by atoms with Crippen molar-refractivity contribution in [3.8, 4) is 0 Å². The average Bonchev–Trinajstić information content (AvgIpc) is 3.42. The SMILES string of the molecule is CC(C)[C@H](NC(=O)N(C)Cc1ccccn1)C(=O)N[C@@H](Cc1ccccc1)[C@H](O)C(=O)N1[C@H](C(=O)NC(C)(C)C)C[C@@H]2CCCC[C@@H]21. The quantitative estimate of drug-likeness (QED) is 0.294. The van der Waals surface area contributed by atoms with E-state index in [-0.39, 0.29) is 36.8 Å². The van der Waals surface area contributed by atoms with Crippen LogP contribution in [0.3, 0.4) is 0 Å². The Morgan fingerprint density at radius 1 is 1.00 bits per heavy atom. The van der Waals surface area contributed by atoms with Gasteiger partial charge in [-0.05, 0) is 76.0 Å². The minimum atomic E-state index is -1.61. The van der Waals surface area contributed by atoms with Crippen molar-refractivity contribution in [3.05, 3.63) is 66.0 Å². The van der Waals surface area contributed by atoms with Gasteiger partial charge >= 0.3 is 6.03 Å². The molecule has 1 aromatic carbocycles. The van der Waals surface area contributed by atoms with Crippen molar-refractivity contribution >= 4 is 23.8 Å². The van der Waals surface area contributed by atoms with Gasteiger partial charge in [-0.1, -0.05) is 63.1 Å². The monoisotopic (exact) mass is 648 g/mol. The summed E-state index contributed by atoms with van der Waals surface area (Å²) in [5.74, 6) is -1.41. The zero-order valence-corrected chi connectivity index (χ0v) is 28.6. The van der Waals surface area contributed by atoms with Crippen molar-refractivity contribution in [3.63, 3.8) is 0 Å². The second-order valence-electron chi connectivity index (χ2n) is 14.4. The molecule has 2 aliphatic rings. The van der Waals surface area contributed by atoms with Crippen LogP contribution in [0.5, 0.6) is 0 Å². The van der Waals surface area contributed by atoms with Crippen LogP contribution in [0, 0.1) is 11.8 Å². The van der Waals surface area contributed by atoms with Gasteiger partial charge in [-0.15, -0.1) is 0 Å². The summed E-state index contributed by atoms with van der Waals surface area (Å²) < 4.78 is 0. The molecular weight excluding hydrogens is 596 g/mol. The molecule has 2 heterocycles. The van der Waals surface area contributed by atoms with Gasteiger partial charge in [0.2, 0.25) is 11.8 Å². The highest BCUT2D eigenvalue weighted by atomic mass is 16.3. The van der Waals surface area contributed by atoms with Crippen molar-refractivity contribution in [2.24, 2.45) is 11.8 Å². The third-order valence-corrected chi connectivity index (χ3v) is 9.10. The number of amides is 5. The van der Waals surface area contributed by atoms with Crippen LogP contribution < -0.4 is 16.0 Å². The topological polar surface area (TPSA) is 144 Å². The van der Waals surface area contributed by atoms with Crippen LogP contribution in [0.1, 0.15) is 78.0 Å². The number of benzene rings is 1. The Bertz CT molecular complexity index is 1360. The minimum Gasteiger partial charge on any atom is -0.381 e. The van der Waals surface area contributed by atoms with E-state index < -0.39 is 47.6 Å². The standard InChI is InChI=1S/C36H52N6O5/c1-23(2)30(39-35(47)41(6)22-26-17-12-13-19-37-26)33(45)38-27(20-24-14-8-7-9-15-24)31(43)34(46)42-28-18-11-10-16-25(28)21-29(42)32(44)40-36(3,4)5/h7-9,12-15,17,19,23,25,27-31,43H,10-11,16,18,20-22H2,1-6H3,(H,38,45)(H,39,47)(H,40,44)/t25-,27-,28-,29-,30-,31-/m0/s1. The summed E-state index contributed by atoms with van der Waals surface area (Å²) in [6, 6.07) is 11.6. The number of likely N-dealkylation sites (tertiary alicyclic amines) is 1. The average molecular weight is 649 g/mol. The third kappa shape index (κ3) is 9.53. The number of fused-ring (bicyclic) bond motifs is 1. The van der Waals surface area contributed by atoms with Gasteiger partial charge in [0.1, 0.15) is 12.1 Å². The first-order chi connectivity index (χ1) is 22.2. The molecule has 0 bridgehead atoms. The van der Waals surface area contributed by atoms with Crippen LogP contribution in [0.4, 0.5) is 4.79 Å². The van der Waals surface area contributed by atoms with E-state index in [0.717, 1.165) is 31.2 Å². The molecule has 1 aliphatic carbocycles. The molecule has 11 nitrogen and oxygen atoms in total. The van der Waals surface area contributed by atoms with Crippen LogP contribution in [-0.4, -0.2) is 86.5 Å². The lowest BCUT2D eigenvalue weighted by Crippen LogP contribution is -2.61. The molecule has 6 atom stereocenters. The molecule has 11 heteroatoms. The van der Waals surface area contributed by atoms with Gasteiger partial charge in [0.25, 0.3) is 5.91 Å². The van der Waals surface area contributed by atoms with E-state index in [1.54, 1.807) is 24.2 Å². The van der Waals surface area contributed by atoms with E-state index >= 15 is 0 Å². The Hall–Kier alpha value is -3.99. The molecule has 1 aromatic heterocycles. The van der Waals surface area contributed by atoms with Gasteiger partial charge in [-0.25, -0.2) is 4.79 Å². The second-order valence-corrected chi connectivity index (χ2v) is 14.4. The normalized spacial score (nSPS) is 21.3. The van der Waals surface area contributed by atoms with Gasteiger partial charge in [0.15, 0.2) is 6.10 Å². The van der Waals surface area contributed by atoms with E-state index in [0.29, 0.717) is 12.1 Å². The lowest BCUT2D eigenvalue weighted by Gasteiger charge is -2.37. The molecule has 2 fully saturated rings. The highest BCUT2D eigenvalue weighted by Crippen LogP contribution is 2.40. The first-order valence-electron chi connectivity index (χ1n) is 16.8. The number of nitrogens with one attached hydrogen (secondary N) is 3. The predicted octanol–water partition coefficient (Wildman–Crippen LogP) is 3.41. The van der Waals surface area contributed by atoms with Crippen LogP contribution >= 0.6 is 0 Å². The van der Waals surface area contributed by atoms with Gasteiger partial charge < -0.3 is 30.9 Å². The van der Waals surface area contributed by atoms with Gasteiger partial charge in [-0.2, -0.15) is 0 Å². The molecule has 4 N–H and O–H groups in total. The van der Waals surface area contributed by atoms with Crippen molar-refractivity contribution in [2.45, 2.75) is 115 Å². The maximum absolute atomic E-state index is 14.3. The smallest absolute Gasteiger partial charge is 0.318 e. The van der Waals surface area contributed by atoms with E-state index in [9.17, 15) is 24.3 Å². The fraction of sp³-hybridized carbons (Fsp3) is 0.583. The first kappa shape index (κ1) is 35.9. The molecule has 4 rings (SSSR count). The first-order valence-corrected chi connectivity index (χ1v) is 16.8. The number of hydrogen-bond donors (Lipinski definition) is 4. The number of carbonyl (C=O) groups is 4. The molecule has 1 saturated heterocycles. The number of pyridine rings is 1. The summed E-state index contributed by atoms with van der Waals surface area (Å²) in [5.41, 5.74) is 1.05. The van der Waals surface area contributed by atoms with Crippen LogP contribution in [0.2, 0.25) is 0 Å². The number of urea groups is 1. The molecule has 0 radical (unpaired) electrons. The second kappa shape index (κ2) is 15.7. The van der Waals surface area contributed by atoms with Crippen molar-refractivity contribution in [1.29, 1.82) is 0 Å². The number of aliphatic hydroxyl groups is 1. The summed E-state index contributed by atoms with van der Waals surface area (Å²) >= 11 is 0. The Kier molecular flexibility index (Phi) is 12.0. The summed E-state index contributed by atoms with van der Waals surface area (Å²) in [6.07, 6.45) is 4.46. The van der Waals surface area contributed by atoms with E-state index in [2.05, 4.69) is 20.9 Å². The predicted molar refractivity (Wildman–Crippen MR) is 180 cm³/mol. The number of carbonyl (C=O) groups excluding carboxylic acids is 4. The third-order valence-electron chi connectivity index (χ3n) is 9.10. The maximum Gasteiger partial charge on any atom is 0.318 e. The number of aliphatic hydroxyl groups excluding tert-OH is 1. The Balaban J connectivity index is 1.55. The molecular formula is C36H52N6O5. The molecule has 0 unspecified atom stereocenters. The number of aromatic nitrogens is 1. The van der Waals surface area contributed by atoms with Crippen molar-refractivity contribution in [2.75, 3.05) is 7.05 Å². The van der Waals surface area contributed by atoms with Crippen molar-refractivity contribution in [1.82, 2.24) is 30.7 Å². The number of nitrogens with zero attached hydrogens (tertiary/aromatic N) is 3. The highest BCUT2D eigenvalue weighted by Gasteiger charge is 2.50. The fourth-order valence-corrected chi connectivity index (χ4v) is 6.76. The summed E-state index contributed by atoms with van der Waals surface area (Å²) in [5, 5.41) is 20.6. The van der Waals surface area contributed by atoms with Gasteiger partial charge in [0, 0.05) is 24.8 Å². The number of rotatable bonds is 11. The van der Waals surface area contributed by atoms with Crippen LogP contribution in [-0.2, 0) is 27.3 Å². The van der Waals surface area contributed by atoms with E-state index in [1.165, 1.54) is 4.90 Å². The van der Waals surface area contributed by atoms with Crippen LogP contribution in [0.15, 0.2) is 54.7 Å². The Labute approximate surface area is 278 Å². The van der Waals surface area contributed by atoms with Crippen molar-refractivity contribution < 1.29 is 24.3 Å². The molecule has 256 valence electrons. The molecule has 2 aromatic rings. The fourth-order valence-electron chi connectivity index (χ4n) is 6.76. The summed E-state index contributed by atoms with van der Waals surface area (Å²) in [7, 11) is 1.63. The van der Waals surface area contributed by atoms with Crippen LogP contribution in [0.25, 0.3) is 0 Å². The van der Waals surface area contributed by atoms with Gasteiger partial charge in [-0.3, -0.25) is 19.4 Å². The molecule has 5 amide bonds. The van der Waals surface area contributed by atoms with E-state index in [4.69, 9.17) is 0 Å². The zero-order valence-electron chi connectivity index (χ0n) is 28.6. The summed E-state index contributed by atoms with van der Waals surface area (Å²) in [4.78, 5) is 62.1. The van der Waals surface area contributed by atoms with Gasteiger partial charge in [0.05, 0.1) is 18.3 Å². The molecule has 1 aliphatic heterocycles. The lowest BCUT2D eigenvalue weighted by atomic mass is 9.84. The summed E-state index contributed by atoms with van der Waals surface area (Å²) in [6.45, 7) is 9.61. The lowest BCUT2D eigenvalue weighted by molar-refractivity contribution is -0.150. The Morgan fingerprint density at radius 2 is 1.68 bits per heavy atom. The van der Waals surface area contributed by atoms with E-state index in [1.807, 2.05) is 77.1 Å². The zero-order chi connectivity index (χ0) is 34.3. The minimum absolute atomic E-state index is 0.146. The molecule has 47 heavy (non-hydrogen) atoms. The Morgan fingerprint density at radius 3 is 2.32 bits per heavy atom. The maximum atomic E-state index is 14.3. The largest absolute Gasteiger partial charge is 0.381 e. The number of hydrogen-bond acceptors (Lipinski definition) is 6. The molecule has 0 spiro atoms. The highest BCUT2D eigenvalue weighted by molar-refractivity contribution is 5.92.